The second-order valence-electron chi connectivity index (χ2n) is 6.14. The van der Waals surface area contributed by atoms with Gasteiger partial charge in [0.1, 0.15) is 5.84 Å². The summed E-state index contributed by atoms with van der Waals surface area (Å²) in [7, 11) is 2.04. The molecule has 0 bridgehead atoms. The Labute approximate surface area is 126 Å². The molecule has 3 N–H and O–H groups in total. The highest BCUT2D eigenvalue weighted by Crippen LogP contribution is 2.27. The highest BCUT2D eigenvalue weighted by Gasteiger charge is 2.17. The Bertz CT molecular complexity index is 464. The molecule has 1 fully saturated rings. The first-order valence-electron chi connectivity index (χ1n) is 7.81. The minimum atomic E-state index is 0.209. The van der Waals surface area contributed by atoms with Crippen LogP contribution in [0, 0.1) is 0 Å². The molecular weight excluding hydrogens is 266 g/mol. The quantitative estimate of drug-likeness (QED) is 0.365. The number of hydrogen-bond acceptors (Lipinski definition) is 4. The van der Waals surface area contributed by atoms with Gasteiger partial charge in [0.15, 0.2) is 0 Å². The SMILES string of the molecule is CC(CC(N)=NO)N(C)Cc1ccn(C2CCCCC2)n1. The molecule has 6 nitrogen and oxygen atoms in total. The van der Waals surface area contributed by atoms with Gasteiger partial charge in [-0.3, -0.25) is 9.58 Å². The van der Waals surface area contributed by atoms with Gasteiger partial charge in [-0.1, -0.05) is 24.4 Å². The van der Waals surface area contributed by atoms with Gasteiger partial charge in [-0.25, -0.2) is 0 Å². The van der Waals surface area contributed by atoms with E-state index in [-0.39, 0.29) is 11.9 Å². The first kappa shape index (κ1) is 15.8. The lowest BCUT2D eigenvalue weighted by Gasteiger charge is -2.24. The van der Waals surface area contributed by atoms with Crippen LogP contribution in [0.3, 0.4) is 0 Å². The first-order chi connectivity index (χ1) is 10.1. The number of nitrogens with zero attached hydrogens (tertiary/aromatic N) is 4. The summed E-state index contributed by atoms with van der Waals surface area (Å²) in [4.78, 5) is 2.17. The Kier molecular flexibility index (Phi) is 5.61. The summed E-state index contributed by atoms with van der Waals surface area (Å²) >= 11 is 0. The Morgan fingerprint density at radius 3 is 2.90 bits per heavy atom. The van der Waals surface area contributed by atoms with Gasteiger partial charge in [-0.05, 0) is 32.9 Å². The zero-order valence-corrected chi connectivity index (χ0v) is 13.1. The second-order valence-corrected chi connectivity index (χ2v) is 6.14. The minimum Gasteiger partial charge on any atom is -0.409 e. The van der Waals surface area contributed by atoms with E-state index in [9.17, 15) is 0 Å². The molecule has 1 aromatic rings. The fourth-order valence-corrected chi connectivity index (χ4v) is 2.92. The fraction of sp³-hybridized carbons (Fsp3) is 0.733. The number of rotatable bonds is 6. The lowest BCUT2D eigenvalue weighted by Crippen LogP contribution is -2.33. The van der Waals surface area contributed by atoms with Crippen molar-refractivity contribution in [1.29, 1.82) is 0 Å². The van der Waals surface area contributed by atoms with Crippen molar-refractivity contribution in [3.05, 3.63) is 18.0 Å². The molecule has 0 aliphatic heterocycles. The van der Waals surface area contributed by atoms with Gasteiger partial charge in [0, 0.05) is 25.2 Å². The Hall–Kier alpha value is -1.56. The summed E-state index contributed by atoms with van der Waals surface area (Å²) in [6.07, 6.45) is 9.14. The second kappa shape index (κ2) is 7.45. The van der Waals surface area contributed by atoms with Gasteiger partial charge in [-0.2, -0.15) is 5.10 Å². The molecule has 118 valence electrons. The number of oxime groups is 1. The maximum atomic E-state index is 8.63. The van der Waals surface area contributed by atoms with Crippen molar-refractivity contribution in [3.63, 3.8) is 0 Å². The van der Waals surface area contributed by atoms with Gasteiger partial charge in [0.2, 0.25) is 0 Å². The highest BCUT2D eigenvalue weighted by molar-refractivity contribution is 5.80. The summed E-state index contributed by atoms with van der Waals surface area (Å²) in [5, 5.41) is 16.4. The van der Waals surface area contributed by atoms with Crippen LogP contribution in [0.5, 0.6) is 0 Å². The monoisotopic (exact) mass is 293 g/mol. The van der Waals surface area contributed by atoms with Crippen molar-refractivity contribution in [2.45, 2.75) is 64.1 Å². The molecule has 1 unspecified atom stereocenters. The van der Waals surface area contributed by atoms with Crippen molar-refractivity contribution >= 4 is 5.84 Å². The lowest BCUT2D eigenvalue weighted by atomic mass is 9.96. The van der Waals surface area contributed by atoms with E-state index in [2.05, 4.69) is 33.9 Å². The standard InChI is InChI=1S/C15H27N5O/c1-12(10-15(16)18-21)19(2)11-13-8-9-20(17-13)14-6-4-3-5-7-14/h8-9,12,14,21H,3-7,10-11H2,1-2H3,(H2,16,18). The first-order valence-corrected chi connectivity index (χ1v) is 7.81. The molecule has 2 rings (SSSR count). The molecule has 6 heteroatoms. The minimum absolute atomic E-state index is 0.209. The van der Waals surface area contributed by atoms with Crippen LogP contribution in [0.1, 0.15) is 57.2 Å². The van der Waals surface area contributed by atoms with Crippen molar-refractivity contribution in [3.8, 4) is 0 Å². The van der Waals surface area contributed by atoms with E-state index in [0.717, 1.165) is 12.2 Å². The molecule has 1 atom stereocenters. The van der Waals surface area contributed by atoms with Crippen LogP contribution in [0.4, 0.5) is 0 Å². The van der Waals surface area contributed by atoms with E-state index in [0.29, 0.717) is 12.5 Å². The van der Waals surface area contributed by atoms with E-state index in [4.69, 9.17) is 16.0 Å². The van der Waals surface area contributed by atoms with Gasteiger partial charge >= 0.3 is 0 Å². The van der Waals surface area contributed by atoms with Crippen LogP contribution in [0.2, 0.25) is 0 Å². The molecule has 1 aromatic heterocycles. The molecule has 0 aromatic carbocycles. The number of hydrogen-bond donors (Lipinski definition) is 2. The molecule has 0 radical (unpaired) electrons. The van der Waals surface area contributed by atoms with Crippen LogP contribution in [-0.2, 0) is 6.54 Å². The zero-order chi connectivity index (χ0) is 15.2. The summed E-state index contributed by atoms with van der Waals surface area (Å²) in [5.74, 6) is 0.266. The van der Waals surface area contributed by atoms with Crippen molar-refractivity contribution in [1.82, 2.24) is 14.7 Å². The maximum absolute atomic E-state index is 8.63. The average molecular weight is 293 g/mol. The number of aromatic nitrogens is 2. The number of nitrogens with two attached hydrogens (primary N) is 1. The van der Waals surface area contributed by atoms with Gasteiger partial charge in [-0.15, -0.1) is 0 Å². The predicted octanol–water partition coefficient (Wildman–Crippen LogP) is 2.35. The normalized spacial score (nSPS) is 19.1. The summed E-state index contributed by atoms with van der Waals surface area (Å²) in [5.41, 5.74) is 6.64. The smallest absolute Gasteiger partial charge is 0.140 e. The molecule has 0 amide bonds. The largest absolute Gasteiger partial charge is 0.409 e. The van der Waals surface area contributed by atoms with E-state index in [1.807, 2.05) is 7.05 Å². The molecule has 1 saturated carbocycles. The fourth-order valence-electron chi connectivity index (χ4n) is 2.92. The van der Waals surface area contributed by atoms with E-state index in [1.54, 1.807) is 0 Å². The number of amidine groups is 1. The lowest BCUT2D eigenvalue weighted by molar-refractivity contribution is 0.245. The Morgan fingerprint density at radius 2 is 2.24 bits per heavy atom. The predicted molar refractivity (Wildman–Crippen MR) is 83.3 cm³/mol. The van der Waals surface area contributed by atoms with E-state index >= 15 is 0 Å². The molecule has 1 aliphatic carbocycles. The van der Waals surface area contributed by atoms with E-state index < -0.39 is 0 Å². The highest BCUT2D eigenvalue weighted by atomic mass is 16.4. The molecule has 0 saturated heterocycles. The maximum Gasteiger partial charge on any atom is 0.140 e. The molecule has 1 aliphatic rings. The van der Waals surface area contributed by atoms with Gasteiger partial charge in [0.05, 0.1) is 11.7 Å². The third kappa shape index (κ3) is 4.46. The Morgan fingerprint density at radius 1 is 1.52 bits per heavy atom. The van der Waals surface area contributed by atoms with Gasteiger partial charge in [0.25, 0.3) is 0 Å². The van der Waals surface area contributed by atoms with Crippen LogP contribution in [0.25, 0.3) is 0 Å². The summed E-state index contributed by atoms with van der Waals surface area (Å²) < 4.78 is 2.14. The van der Waals surface area contributed by atoms with Crippen LogP contribution in [0.15, 0.2) is 17.4 Å². The molecule has 1 heterocycles. The molecule has 21 heavy (non-hydrogen) atoms. The third-order valence-electron chi connectivity index (χ3n) is 4.41. The zero-order valence-electron chi connectivity index (χ0n) is 13.1. The third-order valence-corrected chi connectivity index (χ3v) is 4.41. The molecule has 0 spiro atoms. The average Bonchev–Trinajstić information content (AvgIpc) is 2.96. The van der Waals surface area contributed by atoms with Crippen molar-refractivity contribution in [2.75, 3.05) is 7.05 Å². The summed E-state index contributed by atoms with van der Waals surface area (Å²) in [6.45, 7) is 2.84. The van der Waals surface area contributed by atoms with Crippen molar-refractivity contribution in [2.24, 2.45) is 10.9 Å². The summed E-state index contributed by atoms with van der Waals surface area (Å²) in [6, 6.07) is 2.88. The topological polar surface area (TPSA) is 79.7 Å². The van der Waals surface area contributed by atoms with Crippen molar-refractivity contribution < 1.29 is 5.21 Å². The van der Waals surface area contributed by atoms with Gasteiger partial charge < -0.3 is 10.9 Å². The van der Waals surface area contributed by atoms with Crippen LogP contribution < -0.4 is 5.73 Å². The molecular formula is C15H27N5O. The van der Waals surface area contributed by atoms with E-state index in [1.165, 1.54) is 32.1 Å². The van der Waals surface area contributed by atoms with Crippen LogP contribution >= 0.6 is 0 Å². The van der Waals surface area contributed by atoms with Crippen LogP contribution in [-0.4, -0.2) is 38.8 Å². The Balaban J connectivity index is 1.89.